The van der Waals surface area contributed by atoms with Crippen LogP contribution in [-0.4, -0.2) is 50.1 Å². The van der Waals surface area contributed by atoms with Crippen LogP contribution in [0.1, 0.15) is 29.4 Å². The van der Waals surface area contributed by atoms with Gasteiger partial charge < -0.3 is 15.5 Å². The molecule has 4 N–H and O–H groups in total. The van der Waals surface area contributed by atoms with Gasteiger partial charge in [0.1, 0.15) is 0 Å². The highest BCUT2D eigenvalue weighted by molar-refractivity contribution is 9.10. The van der Waals surface area contributed by atoms with E-state index in [0.717, 1.165) is 10.0 Å². The third kappa shape index (κ3) is 5.10. The van der Waals surface area contributed by atoms with Crippen molar-refractivity contribution >= 4 is 27.8 Å². The smallest absolute Gasteiger partial charge is 0.311 e. The number of carbonyl (C=O) groups excluding carboxylic acids is 1. The van der Waals surface area contributed by atoms with Crippen LogP contribution >= 0.6 is 15.9 Å². The van der Waals surface area contributed by atoms with Crippen LogP contribution in [0.25, 0.3) is 0 Å². The fourth-order valence-electron chi connectivity index (χ4n) is 2.41. The Kier molecular flexibility index (Phi) is 6.27. The number of nitrogens with zero attached hydrogens (tertiary/aromatic N) is 2. The van der Waals surface area contributed by atoms with E-state index >= 15 is 0 Å². The van der Waals surface area contributed by atoms with Gasteiger partial charge in [0, 0.05) is 10.5 Å². The summed E-state index contributed by atoms with van der Waals surface area (Å²) in [6.45, 7) is 0.922. The van der Waals surface area contributed by atoms with Gasteiger partial charge in [0.25, 0.3) is 5.91 Å². The quantitative estimate of drug-likeness (QED) is 0.520. The minimum Gasteiger partial charge on any atom is -0.481 e. The van der Waals surface area contributed by atoms with E-state index in [9.17, 15) is 19.8 Å². The van der Waals surface area contributed by atoms with E-state index in [-0.39, 0.29) is 12.1 Å². The van der Waals surface area contributed by atoms with E-state index in [4.69, 9.17) is 0 Å². The first-order valence-corrected chi connectivity index (χ1v) is 8.39. The molecule has 2 unspecified atom stereocenters. The Morgan fingerprint density at radius 3 is 2.56 bits per heavy atom. The number of halogens is 1. The van der Waals surface area contributed by atoms with Gasteiger partial charge in [0.15, 0.2) is 5.69 Å². The number of aromatic amines is 1. The molecule has 1 heterocycles. The zero-order valence-electron chi connectivity index (χ0n) is 13.6. The molecule has 134 valence electrons. The average molecular weight is 411 g/mol. The summed E-state index contributed by atoms with van der Waals surface area (Å²) in [6.07, 6.45) is 1.84. The Bertz CT molecular complexity index is 720. The topological polar surface area (TPSA) is 128 Å². The highest BCUT2D eigenvalue weighted by atomic mass is 79.9. The van der Waals surface area contributed by atoms with E-state index in [0.29, 0.717) is 6.42 Å². The summed E-state index contributed by atoms with van der Waals surface area (Å²) in [7, 11) is 0. The SMILES string of the molecule is CC(CO)(CC(Cc1ccc(Br)cc1)NC(=O)c1c[nH]nn1)C(=O)O. The van der Waals surface area contributed by atoms with Gasteiger partial charge in [-0.15, -0.1) is 5.10 Å². The first-order chi connectivity index (χ1) is 11.8. The first kappa shape index (κ1) is 19.1. The van der Waals surface area contributed by atoms with Crippen LogP contribution in [0.2, 0.25) is 0 Å². The third-order valence-electron chi connectivity index (χ3n) is 3.94. The lowest BCUT2D eigenvalue weighted by atomic mass is 9.82. The van der Waals surface area contributed by atoms with Crippen molar-refractivity contribution in [2.45, 2.75) is 25.8 Å². The van der Waals surface area contributed by atoms with Gasteiger partial charge in [-0.3, -0.25) is 14.7 Å². The lowest BCUT2D eigenvalue weighted by Gasteiger charge is -2.28. The maximum absolute atomic E-state index is 12.3. The van der Waals surface area contributed by atoms with E-state index in [1.165, 1.54) is 13.1 Å². The molecular weight excluding hydrogens is 392 g/mol. The van der Waals surface area contributed by atoms with Crippen LogP contribution in [0.5, 0.6) is 0 Å². The molecular formula is C16H19BrN4O4. The molecule has 25 heavy (non-hydrogen) atoms. The van der Waals surface area contributed by atoms with Crippen LogP contribution < -0.4 is 5.32 Å². The maximum atomic E-state index is 12.3. The van der Waals surface area contributed by atoms with Crippen LogP contribution in [0.15, 0.2) is 34.9 Å². The van der Waals surface area contributed by atoms with Crippen LogP contribution in [0.3, 0.4) is 0 Å². The number of amides is 1. The minimum atomic E-state index is -1.36. The minimum absolute atomic E-state index is 0.0679. The summed E-state index contributed by atoms with van der Waals surface area (Å²) in [4.78, 5) is 23.7. The molecule has 1 amide bonds. The highest BCUT2D eigenvalue weighted by Gasteiger charge is 2.36. The van der Waals surface area contributed by atoms with E-state index in [2.05, 4.69) is 36.7 Å². The zero-order valence-corrected chi connectivity index (χ0v) is 15.2. The van der Waals surface area contributed by atoms with Crippen molar-refractivity contribution in [3.05, 3.63) is 46.2 Å². The van der Waals surface area contributed by atoms with Gasteiger partial charge in [-0.2, -0.15) is 0 Å². The number of carboxylic acid groups (broad SMARTS) is 1. The Morgan fingerprint density at radius 1 is 1.36 bits per heavy atom. The standard InChI is InChI=1S/C16H19BrN4O4/c1-16(9-22,15(24)25)7-12(6-10-2-4-11(17)5-3-10)19-14(23)13-8-18-21-20-13/h2-5,8,12,22H,6-7,9H2,1H3,(H,19,23)(H,24,25)(H,18,20,21). The monoisotopic (exact) mass is 410 g/mol. The van der Waals surface area contributed by atoms with E-state index in [1.54, 1.807) is 0 Å². The van der Waals surface area contributed by atoms with Crippen molar-refractivity contribution in [3.63, 3.8) is 0 Å². The van der Waals surface area contributed by atoms with Crippen molar-refractivity contribution in [1.82, 2.24) is 20.7 Å². The molecule has 1 aromatic heterocycles. The third-order valence-corrected chi connectivity index (χ3v) is 4.47. The van der Waals surface area contributed by atoms with Crippen molar-refractivity contribution in [2.24, 2.45) is 5.41 Å². The second-order valence-electron chi connectivity index (χ2n) is 6.09. The summed E-state index contributed by atoms with van der Waals surface area (Å²) in [6, 6.07) is 7.01. The van der Waals surface area contributed by atoms with Gasteiger partial charge >= 0.3 is 5.97 Å². The lowest BCUT2D eigenvalue weighted by Crippen LogP contribution is -2.44. The number of carbonyl (C=O) groups is 2. The highest BCUT2D eigenvalue weighted by Crippen LogP contribution is 2.25. The van der Waals surface area contributed by atoms with Crippen LogP contribution in [0, 0.1) is 5.41 Å². The Labute approximate surface area is 152 Å². The molecule has 2 aromatic rings. The van der Waals surface area contributed by atoms with Gasteiger partial charge in [-0.1, -0.05) is 33.3 Å². The van der Waals surface area contributed by atoms with Gasteiger partial charge in [0.05, 0.1) is 18.2 Å². The largest absolute Gasteiger partial charge is 0.481 e. The number of nitrogens with one attached hydrogen (secondary N) is 2. The predicted molar refractivity (Wildman–Crippen MR) is 92.9 cm³/mol. The molecule has 0 spiro atoms. The van der Waals surface area contributed by atoms with Gasteiger partial charge in [0.2, 0.25) is 0 Å². The van der Waals surface area contributed by atoms with Crippen molar-refractivity contribution in [3.8, 4) is 0 Å². The summed E-state index contributed by atoms with van der Waals surface area (Å²) in [5, 5.41) is 31.3. The molecule has 0 radical (unpaired) electrons. The lowest BCUT2D eigenvalue weighted by molar-refractivity contribution is -0.151. The second kappa shape index (κ2) is 8.21. The summed E-state index contributed by atoms with van der Waals surface area (Å²) >= 11 is 3.36. The summed E-state index contributed by atoms with van der Waals surface area (Å²) in [5.41, 5.74) is -0.321. The number of aliphatic hydroxyl groups is 1. The number of aliphatic carboxylic acids is 1. The maximum Gasteiger partial charge on any atom is 0.311 e. The molecule has 0 fully saturated rings. The molecule has 0 aliphatic carbocycles. The zero-order chi connectivity index (χ0) is 18.4. The molecule has 0 aliphatic heterocycles. The molecule has 1 aromatic carbocycles. The molecule has 0 aliphatic rings. The molecule has 0 bridgehead atoms. The molecule has 0 saturated carbocycles. The number of carboxylic acids is 1. The number of aliphatic hydroxyl groups excluding tert-OH is 1. The average Bonchev–Trinajstić information content (AvgIpc) is 3.11. The molecule has 0 saturated heterocycles. The van der Waals surface area contributed by atoms with Crippen molar-refractivity contribution < 1.29 is 19.8 Å². The fourth-order valence-corrected chi connectivity index (χ4v) is 2.68. The number of rotatable bonds is 8. The summed E-state index contributed by atoms with van der Waals surface area (Å²) < 4.78 is 0.921. The van der Waals surface area contributed by atoms with E-state index < -0.39 is 29.9 Å². The predicted octanol–water partition coefficient (Wildman–Crippen LogP) is 1.38. The summed E-state index contributed by atoms with van der Waals surface area (Å²) in [5.74, 6) is -1.58. The number of aromatic nitrogens is 3. The number of hydrogen-bond acceptors (Lipinski definition) is 5. The second-order valence-corrected chi connectivity index (χ2v) is 7.00. The van der Waals surface area contributed by atoms with Crippen molar-refractivity contribution in [1.29, 1.82) is 0 Å². The molecule has 2 atom stereocenters. The molecule has 8 nitrogen and oxygen atoms in total. The number of benzene rings is 1. The van der Waals surface area contributed by atoms with Crippen LogP contribution in [-0.2, 0) is 11.2 Å². The van der Waals surface area contributed by atoms with E-state index in [1.807, 2.05) is 24.3 Å². The fraction of sp³-hybridized carbons (Fsp3) is 0.375. The Balaban J connectivity index is 2.19. The Hall–Kier alpha value is -2.26. The molecule has 9 heteroatoms. The molecule has 2 rings (SSSR count). The first-order valence-electron chi connectivity index (χ1n) is 7.60. The van der Waals surface area contributed by atoms with Crippen molar-refractivity contribution in [2.75, 3.05) is 6.61 Å². The number of H-pyrrole nitrogens is 1. The number of hydrogen-bond donors (Lipinski definition) is 4. The van der Waals surface area contributed by atoms with Gasteiger partial charge in [-0.25, -0.2) is 0 Å². The van der Waals surface area contributed by atoms with Gasteiger partial charge in [-0.05, 0) is 37.5 Å². The Morgan fingerprint density at radius 2 is 2.04 bits per heavy atom. The van der Waals surface area contributed by atoms with Crippen LogP contribution in [0.4, 0.5) is 0 Å². The normalized spacial score (nSPS) is 14.5.